The van der Waals surface area contributed by atoms with E-state index in [2.05, 4.69) is 4.98 Å². The minimum absolute atomic E-state index is 0.0577. The molecule has 1 aromatic carbocycles. The Morgan fingerprint density at radius 2 is 2.12 bits per heavy atom. The number of para-hydroxylation sites is 1. The Morgan fingerprint density at radius 1 is 1.32 bits per heavy atom. The number of hydrogen-bond donors (Lipinski definition) is 1. The van der Waals surface area contributed by atoms with Crippen LogP contribution in [0.1, 0.15) is 25.3 Å². The van der Waals surface area contributed by atoms with Gasteiger partial charge in [-0.25, -0.2) is 0 Å². The fourth-order valence-corrected chi connectivity index (χ4v) is 3.17. The molecule has 0 unspecified atom stereocenters. The van der Waals surface area contributed by atoms with Crippen molar-refractivity contribution in [3.05, 3.63) is 60.4 Å². The van der Waals surface area contributed by atoms with Crippen LogP contribution in [0.25, 0.3) is 0 Å². The molecule has 1 aliphatic rings. The first-order valence-electron chi connectivity index (χ1n) is 8.65. The molecule has 132 valence electrons. The highest BCUT2D eigenvalue weighted by Gasteiger charge is 2.41. The van der Waals surface area contributed by atoms with Gasteiger partial charge in [-0.3, -0.25) is 9.78 Å². The third kappa shape index (κ3) is 4.57. The summed E-state index contributed by atoms with van der Waals surface area (Å²) in [5.74, 6) is 0.798. The number of amides is 1. The van der Waals surface area contributed by atoms with Crippen molar-refractivity contribution in [3.8, 4) is 5.75 Å². The summed E-state index contributed by atoms with van der Waals surface area (Å²) in [5.41, 5.74) is -0.0252. The summed E-state index contributed by atoms with van der Waals surface area (Å²) >= 11 is 0. The van der Waals surface area contributed by atoms with E-state index < -0.39 is 5.60 Å². The minimum atomic E-state index is -1.07. The van der Waals surface area contributed by atoms with Crippen LogP contribution in [0, 0.1) is 0 Å². The average Bonchev–Trinajstić information content (AvgIpc) is 2.63. The molecule has 1 fully saturated rings. The summed E-state index contributed by atoms with van der Waals surface area (Å²) in [4.78, 5) is 18.3. The second kappa shape index (κ2) is 7.66. The molecule has 25 heavy (non-hydrogen) atoms. The van der Waals surface area contributed by atoms with Crippen LogP contribution in [0.5, 0.6) is 5.75 Å². The number of benzene rings is 1. The van der Waals surface area contributed by atoms with Gasteiger partial charge >= 0.3 is 0 Å². The smallest absolute Gasteiger partial charge is 0.223 e. The highest BCUT2D eigenvalue weighted by Crippen LogP contribution is 2.26. The molecule has 1 amide bonds. The van der Waals surface area contributed by atoms with E-state index in [0.717, 1.165) is 11.3 Å². The highest BCUT2D eigenvalue weighted by atomic mass is 16.5. The van der Waals surface area contributed by atoms with Crippen LogP contribution in [0.15, 0.2) is 54.9 Å². The Morgan fingerprint density at radius 3 is 2.80 bits per heavy atom. The first kappa shape index (κ1) is 17.4. The van der Waals surface area contributed by atoms with Crippen molar-refractivity contribution in [1.29, 1.82) is 0 Å². The van der Waals surface area contributed by atoms with Gasteiger partial charge in [-0.15, -0.1) is 0 Å². The van der Waals surface area contributed by atoms with Gasteiger partial charge in [-0.05, 0) is 37.1 Å². The molecule has 0 spiro atoms. The number of aryl methyl sites for hydroxylation is 1. The van der Waals surface area contributed by atoms with Gasteiger partial charge in [0.25, 0.3) is 0 Å². The largest absolute Gasteiger partial charge is 0.487 e. The van der Waals surface area contributed by atoms with E-state index in [1.807, 2.05) is 42.5 Å². The number of rotatable bonds is 5. The zero-order chi connectivity index (χ0) is 17.7. The molecule has 0 bridgehead atoms. The Bertz CT molecular complexity index is 689. The van der Waals surface area contributed by atoms with Crippen LogP contribution in [-0.4, -0.2) is 45.7 Å². The molecule has 5 heteroatoms. The predicted octanol–water partition coefficient (Wildman–Crippen LogP) is 2.45. The molecule has 3 rings (SSSR count). The first-order valence-corrected chi connectivity index (χ1v) is 8.65. The first-order chi connectivity index (χ1) is 12.0. The van der Waals surface area contributed by atoms with Crippen LogP contribution in [0.3, 0.4) is 0 Å². The summed E-state index contributed by atoms with van der Waals surface area (Å²) in [6, 6.07) is 13.3. The standard InChI is InChI=1S/C20H24N2O3/c1-20(24)15-22(19(23)10-9-16-6-5-12-21-14-16)13-11-18(20)25-17-7-3-2-4-8-17/h2-8,12,14,18,24H,9-11,13,15H2,1H3/t18-,20-/m0/s1. The van der Waals surface area contributed by atoms with E-state index >= 15 is 0 Å². The number of carbonyl (C=O) groups excluding carboxylic acids is 1. The van der Waals surface area contributed by atoms with Crippen molar-refractivity contribution in [3.63, 3.8) is 0 Å². The third-order valence-corrected chi connectivity index (χ3v) is 4.59. The number of β-amino-alcohol motifs (C(OH)–C–C–N with tert-alkyl or cyclic N) is 1. The number of ether oxygens (including phenoxy) is 1. The average molecular weight is 340 g/mol. The molecule has 1 N–H and O–H groups in total. The van der Waals surface area contributed by atoms with Crippen LogP contribution < -0.4 is 4.74 Å². The number of carbonyl (C=O) groups is 1. The molecular weight excluding hydrogens is 316 g/mol. The maximum atomic E-state index is 12.5. The molecule has 2 atom stereocenters. The van der Waals surface area contributed by atoms with Gasteiger partial charge in [0.05, 0.1) is 6.54 Å². The number of likely N-dealkylation sites (tertiary alicyclic amines) is 1. The molecule has 1 aliphatic heterocycles. The van der Waals surface area contributed by atoms with Gasteiger partial charge < -0.3 is 14.7 Å². The Kier molecular flexibility index (Phi) is 5.34. The lowest BCUT2D eigenvalue weighted by Crippen LogP contribution is -2.58. The zero-order valence-corrected chi connectivity index (χ0v) is 14.5. The van der Waals surface area contributed by atoms with Crippen molar-refractivity contribution in [1.82, 2.24) is 9.88 Å². The molecular formula is C20H24N2O3. The summed E-state index contributed by atoms with van der Waals surface area (Å²) < 4.78 is 5.93. The van der Waals surface area contributed by atoms with E-state index in [1.54, 1.807) is 24.2 Å². The SMILES string of the molecule is C[C@]1(O)CN(C(=O)CCc2cccnc2)CC[C@@H]1Oc1ccccc1. The van der Waals surface area contributed by atoms with Gasteiger partial charge in [0.2, 0.25) is 5.91 Å². The maximum Gasteiger partial charge on any atom is 0.223 e. The molecule has 0 aliphatic carbocycles. The lowest BCUT2D eigenvalue weighted by molar-refractivity contribution is -0.145. The normalized spacial score (nSPS) is 23.3. The zero-order valence-electron chi connectivity index (χ0n) is 14.5. The quantitative estimate of drug-likeness (QED) is 0.908. The van der Waals surface area contributed by atoms with E-state index in [4.69, 9.17) is 4.74 Å². The van der Waals surface area contributed by atoms with Crippen LogP contribution >= 0.6 is 0 Å². The minimum Gasteiger partial charge on any atom is -0.487 e. The Hall–Kier alpha value is -2.40. The van der Waals surface area contributed by atoms with E-state index in [-0.39, 0.29) is 18.6 Å². The topological polar surface area (TPSA) is 62.7 Å². The van der Waals surface area contributed by atoms with E-state index in [0.29, 0.717) is 25.8 Å². The van der Waals surface area contributed by atoms with Crippen molar-refractivity contribution >= 4 is 5.91 Å². The fourth-order valence-electron chi connectivity index (χ4n) is 3.17. The molecule has 2 heterocycles. The number of pyridine rings is 1. The number of piperidine rings is 1. The van der Waals surface area contributed by atoms with Gasteiger partial charge in [-0.1, -0.05) is 24.3 Å². The fraction of sp³-hybridized carbons (Fsp3) is 0.400. The van der Waals surface area contributed by atoms with Crippen LogP contribution in [0.4, 0.5) is 0 Å². The van der Waals surface area contributed by atoms with Crippen molar-refractivity contribution in [2.24, 2.45) is 0 Å². The number of aromatic nitrogens is 1. The lowest BCUT2D eigenvalue weighted by atomic mass is 9.91. The summed E-state index contributed by atoms with van der Waals surface area (Å²) in [5, 5.41) is 10.8. The van der Waals surface area contributed by atoms with Crippen molar-refractivity contribution < 1.29 is 14.6 Å². The monoisotopic (exact) mass is 340 g/mol. The van der Waals surface area contributed by atoms with Gasteiger partial charge in [-0.2, -0.15) is 0 Å². The van der Waals surface area contributed by atoms with Gasteiger partial charge in [0.1, 0.15) is 17.5 Å². The number of hydrogen-bond acceptors (Lipinski definition) is 4. The van der Waals surface area contributed by atoms with Crippen LogP contribution in [0.2, 0.25) is 0 Å². The van der Waals surface area contributed by atoms with Crippen LogP contribution in [-0.2, 0) is 11.2 Å². The molecule has 1 saturated heterocycles. The Labute approximate surface area is 148 Å². The molecule has 0 radical (unpaired) electrons. The lowest BCUT2D eigenvalue weighted by Gasteiger charge is -2.42. The third-order valence-electron chi connectivity index (χ3n) is 4.59. The Balaban J connectivity index is 1.55. The van der Waals surface area contributed by atoms with Gasteiger partial charge in [0.15, 0.2) is 0 Å². The second-order valence-corrected chi connectivity index (χ2v) is 6.74. The molecule has 1 aromatic heterocycles. The summed E-state index contributed by atoms with van der Waals surface area (Å²) in [7, 11) is 0. The van der Waals surface area contributed by atoms with E-state index in [1.165, 1.54) is 0 Å². The molecule has 0 saturated carbocycles. The van der Waals surface area contributed by atoms with Gasteiger partial charge in [0, 0.05) is 31.8 Å². The highest BCUT2D eigenvalue weighted by molar-refractivity contribution is 5.76. The molecule has 5 nitrogen and oxygen atoms in total. The summed E-state index contributed by atoms with van der Waals surface area (Å²) in [6.45, 7) is 2.62. The maximum absolute atomic E-state index is 12.5. The number of nitrogens with zero attached hydrogens (tertiary/aromatic N) is 2. The molecule has 2 aromatic rings. The second-order valence-electron chi connectivity index (χ2n) is 6.74. The van der Waals surface area contributed by atoms with Crippen molar-refractivity contribution in [2.45, 2.75) is 37.9 Å². The van der Waals surface area contributed by atoms with E-state index in [9.17, 15) is 9.90 Å². The number of aliphatic hydroxyl groups is 1. The van der Waals surface area contributed by atoms with Crippen molar-refractivity contribution in [2.75, 3.05) is 13.1 Å². The summed E-state index contributed by atoms with van der Waals surface area (Å²) in [6.07, 6.45) is 4.88. The predicted molar refractivity (Wildman–Crippen MR) is 95.2 cm³/mol.